The molecule has 13 heteroatoms. The Morgan fingerprint density at radius 2 is 2.06 bits per heavy atom. The fourth-order valence-electron chi connectivity index (χ4n) is 2.94. The Hall–Kier alpha value is -3.32. The molecule has 33 heavy (non-hydrogen) atoms. The maximum absolute atomic E-state index is 12.8. The van der Waals surface area contributed by atoms with Gasteiger partial charge in [0.05, 0.1) is 16.7 Å². The van der Waals surface area contributed by atoms with E-state index in [1.54, 1.807) is 17.8 Å². The number of amides is 2. The molecule has 0 saturated heterocycles. The Balaban J connectivity index is 1.68. The second-order valence-electron chi connectivity index (χ2n) is 7.52. The number of benzene rings is 1. The first-order chi connectivity index (χ1) is 15.7. The van der Waals surface area contributed by atoms with Crippen LogP contribution < -0.4 is 10.6 Å². The summed E-state index contributed by atoms with van der Waals surface area (Å²) in [5.41, 5.74) is 0.0213. The summed E-state index contributed by atoms with van der Waals surface area (Å²) in [5.74, 6) is -0.0603. The molecule has 3 rings (SSSR count). The highest BCUT2D eigenvalue weighted by atomic mass is 32.2. The van der Waals surface area contributed by atoms with Gasteiger partial charge in [-0.05, 0) is 18.9 Å². The lowest BCUT2D eigenvalue weighted by Gasteiger charge is -2.21. The maximum atomic E-state index is 12.8. The smallest absolute Gasteiger partial charge is 0.270 e. The third-order valence-electron chi connectivity index (χ3n) is 4.62. The average molecular weight is 490 g/mol. The van der Waals surface area contributed by atoms with Crippen LogP contribution in [0.2, 0.25) is 0 Å². The fourth-order valence-corrected chi connectivity index (χ4v) is 4.33. The number of thioether (sulfide) groups is 1. The molecule has 1 aromatic carbocycles. The number of hydrogen-bond donors (Lipinski definition) is 2. The molecule has 0 unspecified atom stereocenters. The monoisotopic (exact) mass is 489 g/mol. The van der Waals surface area contributed by atoms with E-state index in [1.807, 2.05) is 20.8 Å². The van der Waals surface area contributed by atoms with Crippen LogP contribution in [0.3, 0.4) is 0 Å². The zero-order valence-electron chi connectivity index (χ0n) is 18.4. The van der Waals surface area contributed by atoms with Crippen molar-refractivity contribution in [1.82, 2.24) is 25.1 Å². The third-order valence-corrected chi connectivity index (χ3v) is 6.47. The van der Waals surface area contributed by atoms with Crippen LogP contribution in [0.15, 0.2) is 35.6 Å². The summed E-state index contributed by atoms with van der Waals surface area (Å²) in [4.78, 5) is 40.5. The molecule has 0 saturated carbocycles. The molecule has 0 spiro atoms. The number of aryl methyl sites for hydroxylation is 1. The molecular weight excluding hydrogens is 466 g/mol. The molecule has 174 valence electrons. The second kappa shape index (κ2) is 10.5. The van der Waals surface area contributed by atoms with Gasteiger partial charge in [-0.3, -0.25) is 19.7 Å². The van der Waals surface area contributed by atoms with E-state index in [-0.39, 0.29) is 28.8 Å². The van der Waals surface area contributed by atoms with Crippen molar-refractivity contribution in [3.8, 4) is 0 Å². The van der Waals surface area contributed by atoms with Crippen LogP contribution in [-0.4, -0.2) is 42.2 Å². The molecular formula is C20H23N7O4S2. The standard InChI is InChI=1S/C20H23N7O4S2/c1-11(2)16(23-18(29)13-6-5-7-14(8-13)27(30)31)17-24-25-20(26(17)4)32-10-15(28)22-19-21-9-12(3)33-19/h5-9,11,16H,10H2,1-4H3,(H,23,29)(H,21,22,28)/t16-/m1/s1. The second-order valence-corrected chi connectivity index (χ2v) is 9.69. The summed E-state index contributed by atoms with van der Waals surface area (Å²) >= 11 is 2.61. The van der Waals surface area contributed by atoms with Gasteiger partial charge in [0.25, 0.3) is 11.6 Å². The number of rotatable bonds is 9. The van der Waals surface area contributed by atoms with E-state index >= 15 is 0 Å². The van der Waals surface area contributed by atoms with Crippen molar-refractivity contribution in [3.05, 3.63) is 56.8 Å². The molecule has 11 nitrogen and oxygen atoms in total. The predicted octanol–water partition coefficient (Wildman–Crippen LogP) is 3.35. The zero-order valence-corrected chi connectivity index (χ0v) is 20.1. The topological polar surface area (TPSA) is 145 Å². The lowest BCUT2D eigenvalue weighted by atomic mass is 10.0. The highest BCUT2D eigenvalue weighted by Gasteiger charge is 2.26. The SMILES string of the molecule is Cc1cnc(NC(=O)CSc2nnc([C@H](NC(=O)c3cccc([N+](=O)[O-])c3)C(C)C)n2C)s1. The Morgan fingerprint density at radius 3 is 2.70 bits per heavy atom. The number of hydrogen-bond acceptors (Lipinski definition) is 9. The van der Waals surface area contributed by atoms with Crippen LogP contribution in [-0.2, 0) is 11.8 Å². The highest BCUT2D eigenvalue weighted by molar-refractivity contribution is 7.99. The molecule has 0 aliphatic rings. The maximum Gasteiger partial charge on any atom is 0.270 e. The van der Waals surface area contributed by atoms with Gasteiger partial charge in [0.15, 0.2) is 16.1 Å². The van der Waals surface area contributed by atoms with Gasteiger partial charge in [0, 0.05) is 35.8 Å². The molecule has 0 radical (unpaired) electrons. The minimum Gasteiger partial charge on any atom is -0.342 e. The Labute approximate surface area is 198 Å². The summed E-state index contributed by atoms with van der Waals surface area (Å²) in [6.07, 6.45) is 1.69. The van der Waals surface area contributed by atoms with E-state index in [9.17, 15) is 19.7 Å². The van der Waals surface area contributed by atoms with Crippen molar-refractivity contribution in [1.29, 1.82) is 0 Å². The van der Waals surface area contributed by atoms with E-state index in [0.717, 1.165) is 4.88 Å². The number of nitro benzene ring substituents is 1. The molecule has 1 atom stereocenters. The molecule has 0 bridgehead atoms. The van der Waals surface area contributed by atoms with Crippen molar-refractivity contribution in [3.63, 3.8) is 0 Å². The number of anilines is 1. The average Bonchev–Trinajstić information content (AvgIpc) is 3.35. The minimum atomic E-state index is -0.547. The fraction of sp³-hybridized carbons (Fsp3) is 0.350. The lowest BCUT2D eigenvalue weighted by Crippen LogP contribution is -2.33. The highest BCUT2D eigenvalue weighted by Crippen LogP contribution is 2.25. The molecule has 2 N–H and O–H groups in total. The van der Waals surface area contributed by atoms with Gasteiger partial charge in [-0.25, -0.2) is 4.98 Å². The number of nitrogens with one attached hydrogen (secondary N) is 2. The summed E-state index contributed by atoms with van der Waals surface area (Å²) in [7, 11) is 1.76. The first kappa shape index (κ1) is 24.3. The van der Waals surface area contributed by atoms with Crippen molar-refractivity contribution in [2.24, 2.45) is 13.0 Å². The Kier molecular flexibility index (Phi) is 7.76. The van der Waals surface area contributed by atoms with Gasteiger partial charge in [-0.15, -0.1) is 21.5 Å². The number of aromatic nitrogens is 4. The molecule has 2 heterocycles. The molecule has 3 aromatic rings. The number of carbonyl (C=O) groups excluding carboxylic acids is 2. The van der Waals surface area contributed by atoms with Crippen LogP contribution >= 0.6 is 23.1 Å². The van der Waals surface area contributed by atoms with Gasteiger partial charge in [0.1, 0.15) is 0 Å². The van der Waals surface area contributed by atoms with Crippen LogP contribution in [0.4, 0.5) is 10.8 Å². The summed E-state index contributed by atoms with van der Waals surface area (Å²) in [6.45, 7) is 5.75. The quantitative estimate of drug-likeness (QED) is 0.264. The summed E-state index contributed by atoms with van der Waals surface area (Å²) in [6, 6.07) is 5.05. The van der Waals surface area contributed by atoms with Crippen molar-refractivity contribution in [2.75, 3.05) is 11.1 Å². The summed E-state index contributed by atoms with van der Waals surface area (Å²) in [5, 5.41) is 26.1. The number of carbonyl (C=O) groups is 2. The third kappa shape index (κ3) is 6.14. The molecule has 2 aromatic heterocycles. The number of non-ortho nitro benzene ring substituents is 1. The number of nitrogens with zero attached hydrogens (tertiary/aromatic N) is 5. The van der Waals surface area contributed by atoms with Crippen LogP contribution in [0.25, 0.3) is 0 Å². The number of thiazole rings is 1. The van der Waals surface area contributed by atoms with Crippen molar-refractivity contribution >= 4 is 45.7 Å². The Bertz CT molecular complexity index is 1170. The van der Waals surface area contributed by atoms with Crippen molar-refractivity contribution < 1.29 is 14.5 Å². The van der Waals surface area contributed by atoms with E-state index in [4.69, 9.17) is 0 Å². The van der Waals surface area contributed by atoms with Crippen molar-refractivity contribution in [2.45, 2.75) is 32.0 Å². The summed E-state index contributed by atoms with van der Waals surface area (Å²) < 4.78 is 1.73. The first-order valence-electron chi connectivity index (χ1n) is 9.95. The number of nitro groups is 1. The normalized spacial score (nSPS) is 11.9. The van der Waals surface area contributed by atoms with E-state index in [1.165, 1.54) is 47.4 Å². The van der Waals surface area contributed by atoms with Crippen LogP contribution in [0.5, 0.6) is 0 Å². The lowest BCUT2D eigenvalue weighted by molar-refractivity contribution is -0.384. The van der Waals surface area contributed by atoms with E-state index < -0.39 is 16.9 Å². The first-order valence-corrected chi connectivity index (χ1v) is 11.8. The van der Waals surface area contributed by atoms with Gasteiger partial charge in [-0.2, -0.15) is 0 Å². The van der Waals surface area contributed by atoms with Crippen LogP contribution in [0.1, 0.15) is 40.9 Å². The Morgan fingerprint density at radius 1 is 1.30 bits per heavy atom. The molecule has 0 aliphatic carbocycles. The van der Waals surface area contributed by atoms with Gasteiger partial charge in [0.2, 0.25) is 5.91 Å². The minimum absolute atomic E-state index is 0.0372. The van der Waals surface area contributed by atoms with Gasteiger partial charge >= 0.3 is 0 Å². The molecule has 0 fully saturated rings. The van der Waals surface area contributed by atoms with E-state index in [2.05, 4.69) is 25.8 Å². The van der Waals surface area contributed by atoms with Gasteiger partial charge in [-0.1, -0.05) is 31.7 Å². The molecule has 2 amide bonds. The zero-order chi connectivity index (χ0) is 24.1. The molecule has 0 aliphatic heterocycles. The predicted molar refractivity (Wildman–Crippen MR) is 125 cm³/mol. The van der Waals surface area contributed by atoms with Gasteiger partial charge < -0.3 is 15.2 Å². The van der Waals surface area contributed by atoms with E-state index in [0.29, 0.717) is 16.1 Å². The largest absolute Gasteiger partial charge is 0.342 e. The van der Waals surface area contributed by atoms with Crippen LogP contribution in [0, 0.1) is 23.0 Å².